The number of benzene rings is 1. The molecular weight excluding hydrogens is 574 g/mol. The summed E-state index contributed by atoms with van der Waals surface area (Å²) in [6.07, 6.45) is -1.30. The number of carbonyl (C=O) groups is 1. The number of fused-ring (bicyclic) bond motifs is 1. The summed E-state index contributed by atoms with van der Waals surface area (Å²) in [5.74, 6) is -1.26. The van der Waals surface area contributed by atoms with Crippen molar-refractivity contribution >= 4 is 23.2 Å². The maximum atomic E-state index is 15.7. The van der Waals surface area contributed by atoms with Crippen molar-refractivity contribution < 1.29 is 31.8 Å². The van der Waals surface area contributed by atoms with E-state index in [9.17, 15) is 22.8 Å². The minimum absolute atomic E-state index is 0.0333. The molecule has 3 saturated heterocycles. The molecule has 1 amide bonds. The molecule has 2 aromatic heterocycles. The highest BCUT2D eigenvalue weighted by Gasteiger charge is 2.36. The number of piperazine rings is 1. The summed E-state index contributed by atoms with van der Waals surface area (Å²) in [6, 6.07) is 3.00. The number of pyridine rings is 1. The number of amides is 1. The molecule has 3 fully saturated rings. The summed E-state index contributed by atoms with van der Waals surface area (Å²) < 4.78 is 67.9. The van der Waals surface area contributed by atoms with Crippen molar-refractivity contribution in [2.24, 2.45) is 0 Å². The van der Waals surface area contributed by atoms with Crippen LogP contribution in [0.3, 0.4) is 0 Å². The highest BCUT2D eigenvalue weighted by Crippen LogP contribution is 2.37. The van der Waals surface area contributed by atoms with Crippen molar-refractivity contribution in [1.82, 2.24) is 19.9 Å². The third-order valence-corrected chi connectivity index (χ3v) is 7.83. The zero-order valence-electron chi connectivity index (χ0n) is 23.0. The fourth-order valence-corrected chi connectivity index (χ4v) is 5.58. The van der Waals surface area contributed by atoms with Crippen LogP contribution in [0.15, 0.2) is 41.6 Å². The first-order valence-corrected chi connectivity index (χ1v) is 13.8. The molecule has 15 heteroatoms. The number of ether oxygens (including phenoxy) is 2. The Labute approximate surface area is 243 Å². The number of alkyl halides is 3. The van der Waals surface area contributed by atoms with Crippen LogP contribution in [0.1, 0.15) is 15.9 Å². The van der Waals surface area contributed by atoms with Crippen LogP contribution >= 0.6 is 0 Å². The predicted molar refractivity (Wildman–Crippen MR) is 149 cm³/mol. The van der Waals surface area contributed by atoms with Gasteiger partial charge >= 0.3 is 6.18 Å². The fourth-order valence-electron chi connectivity index (χ4n) is 5.58. The first-order valence-electron chi connectivity index (χ1n) is 13.8. The summed E-state index contributed by atoms with van der Waals surface area (Å²) in [6.45, 7) is 5.81. The predicted octanol–water partition coefficient (Wildman–Crippen LogP) is 2.60. The SMILES string of the molecule is O=C(Nc1cc(-c2cnc(N3CCOCC3)nc2)c(F)cc1N1CCN2CCOCC2C1)c1c[nH]c(=O)cc1C(F)(F)F. The van der Waals surface area contributed by atoms with Crippen LogP contribution in [-0.2, 0) is 15.7 Å². The van der Waals surface area contributed by atoms with Crippen LogP contribution in [0, 0.1) is 5.82 Å². The monoisotopic (exact) mass is 603 g/mol. The summed E-state index contributed by atoms with van der Waals surface area (Å²) in [7, 11) is 0. The maximum Gasteiger partial charge on any atom is 0.417 e. The molecule has 43 heavy (non-hydrogen) atoms. The molecule has 5 heterocycles. The lowest BCUT2D eigenvalue weighted by Gasteiger charge is -2.45. The van der Waals surface area contributed by atoms with E-state index >= 15 is 4.39 Å². The number of nitrogens with zero attached hydrogens (tertiary/aromatic N) is 5. The number of hydrogen-bond acceptors (Lipinski definition) is 9. The Balaban J connectivity index is 1.36. The van der Waals surface area contributed by atoms with Gasteiger partial charge in [-0.1, -0.05) is 0 Å². The Morgan fingerprint density at radius 3 is 2.47 bits per heavy atom. The van der Waals surface area contributed by atoms with Gasteiger partial charge in [-0.3, -0.25) is 14.5 Å². The first-order chi connectivity index (χ1) is 20.7. The molecule has 228 valence electrons. The lowest BCUT2D eigenvalue weighted by Crippen LogP contribution is -2.58. The zero-order chi connectivity index (χ0) is 30.1. The van der Waals surface area contributed by atoms with Crippen LogP contribution in [0.4, 0.5) is 34.9 Å². The molecule has 11 nitrogen and oxygen atoms in total. The van der Waals surface area contributed by atoms with Crippen LogP contribution < -0.4 is 20.7 Å². The van der Waals surface area contributed by atoms with E-state index in [1.54, 1.807) is 0 Å². The van der Waals surface area contributed by atoms with Crippen molar-refractivity contribution in [3.8, 4) is 11.1 Å². The molecular formula is C28H29F4N7O4. The third kappa shape index (κ3) is 6.19. The highest BCUT2D eigenvalue weighted by molar-refractivity contribution is 6.07. The molecule has 6 rings (SSSR count). The van der Waals surface area contributed by atoms with Gasteiger partial charge in [-0.15, -0.1) is 0 Å². The largest absolute Gasteiger partial charge is 0.417 e. The molecule has 3 aliphatic heterocycles. The summed E-state index contributed by atoms with van der Waals surface area (Å²) >= 11 is 0. The molecule has 0 saturated carbocycles. The maximum absolute atomic E-state index is 15.7. The minimum atomic E-state index is -4.95. The number of halogens is 4. The second kappa shape index (κ2) is 11.9. The number of nitrogens with one attached hydrogen (secondary N) is 2. The van der Waals surface area contributed by atoms with E-state index in [1.165, 1.54) is 24.5 Å². The average Bonchev–Trinajstić information content (AvgIpc) is 3.01. The summed E-state index contributed by atoms with van der Waals surface area (Å²) in [4.78, 5) is 41.9. The number of aromatic nitrogens is 3. The van der Waals surface area contributed by atoms with E-state index < -0.39 is 34.6 Å². The molecule has 0 radical (unpaired) electrons. The Morgan fingerprint density at radius 1 is 0.977 bits per heavy atom. The van der Waals surface area contributed by atoms with Gasteiger partial charge in [0.05, 0.1) is 55.0 Å². The van der Waals surface area contributed by atoms with Gasteiger partial charge in [0.2, 0.25) is 11.5 Å². The third-order valence-electron chi connectivity index (χ3n) is 7.83. The van der Waals surface area contributed by atoms with Crippen molar-refractivity contribution in [3.63, 3.8) is 0 Å². The second-order valence-electron chi connectivity index (χ2n) is 10.5. The van der Waals surface area contributed by atoms with Crippen LogP contribution in [0.2, 0.25) is 0 Å². The Hall–Kier alpha value is -4.08. The Morgan fingerprint density at radius 2 is 1.72 bits per heavy atom. The van der Waals surface area contributed by atoms with Gasteiger partial charge in [-0.2, -0.15) is 13.2 Å². The Kier molecular flexibility index (Phi) is 8.03. The molecule has 3 aromatic rings. The number of rotatable bonds is 5. The number of anilines is 3. The average molecular weight is 604 g/mol. The van der Waals surface area contributed by atoms with Crippen LogP contribution in [-0.4, -0.2) is 97.5 Å². The molecule has 1 unspecified atom stereocenters. The topological polar surface area (TPSA) is 116 Å². The Bertz CT molecular complexity index is 1540. The molecule has 0 aliphatic carbocycles. The molecule has 0 bridgehead atoms. The van der Waals surface area contributed by atoms with E-state index in [4.69, 9.17) is 9.47 Å². The van der Waals surface area contributed by atoms with E-state index in [1.807, 2.05) is 9.80 Å². The fraction of sp³-hybridized carbons (Fsp3) is 0.429. The molecule has 1 aromatic carbocycles. The van der Waals surface area contributed by atoms with E-state index in [0.29, 0.717) is 82.4 Å². The normalized spacial score (nSPS) is 19.7. The molecule has 3 aliphatic rings. The van der Waals surface area contributed by atoms with Gasteiger partial charge in [-0.05, 0) is 12.1 Å². The van der Waals surface area contributed by atoms with Crippen molar-refractivity contribution in [2.75, 3.05) is 80.8 Å². The smallest absolute Gasteiger partial charge is 0.378 e. The lowest BCUT2D eigenvalue weighted by molar-refractivity contribution is -0.138. The van der Waals surface area contributed by atoms with E-state index in [-0.39, 0.29) is 17.3 Å². The molecule has 2 N–H and O–H groups in total. The van der Waals surface area contributed by atoms with Gasteiger partial charge in [-0.25, -0.2) is 14.4 Å². The lowest BCUT2D eigenvalue weighted by atomic mass is 10.0. The van der Waals surface area contributed by atoms with Crippen LogP contribution in [0.5, 0.6) is 0 Å². The summed E-state index contributed by atoms with van der Waals surface area (Å²) in [5, 5.41) is 2.55. The summed E-state index contributed by atoms with van der Waals surface area (Å²) in [5.41, 5.74) is -2.36. The van der Waals surface area contributed by atoms with Crippen molar-refractivity contribution in [2.45, 2.75) is 12.2 Å². The van der Waals surface area contributed by atoms with Gasteiger partial charge in [0.1, 0.15) is 5.82 Å². The quantitative estimate of drug-likeness (QED) is 0.425. The number of morpholine rings is 2. The van der Waals surface area contributed by atoms with Gasteiger partial charge < -0.3 is 29.6 Å². The number of hydrogen-bond donors (Lipinski definition) is 2. The number of aromatic amines is 1. The number of carbonyl (C=O) groups excluding carboxylic acids is 1. The highest BCUT2D eigenvalue weighted by atomic mass is 19.4. The first kappa shape index (κ1) is 29.0. The van der Waals surface area contributed by atoms with Crippen molar-refractivity contribution in [1.29, 1.82) is 0 Å². The van der Waals surface area contributed by atoms with Gasteiger partial charge in [0, 0.05) is 75.1 Å². The van der Waals surface area contributed by atoms with Crippen LogP contribution in [0.25, 0.3) is 11.1 Å². The van der Waals surface area contributed by atoms with E-state index in [0.717, 1.165) is 12.7 Å². The van der Waals surface area contributed by atoms with Crippen molar-refractivity contribution in [3.05, 3.63) is 64.1 Å². The molecule has 0 spiro atoms. The van der Waals surface area contributed by atoms with Gasteiger partial charge in [0.15, 0.2) is 0 Å². The number of H-pyrrole nitrogens is 1. The van der Waals surface area contributed by atoms with Gasteiger partial charge in [0.25, 0.3) is 5.91 Å². The molecule has 1 atom stereocenters. The standard InChI is InChI=1S/C28H29F4N7O4/c29-22-11-24(39-2-1-37-3-8-43-16-18(37)15-39)23(36-26(41)20-14-33-25(40)10-21(20)28(30,31)32)9-19(22)17-12-34-27(35-13-17)38-4-6-42-7-5-38/h9-14,18H,1-8,15-16H2,(H,33,40)(H,36,41). The zero-order valence-corrected chi connectivity index (χ0v) is 23.0. The minimum Gasteiger partial charge on any atom is -0.378 e. The van der Waals surface area contributed by atoms with E-state index in [2.05, 4.69) is 25.2 Å². The second-order valence-corrected chi connectivity index (χ2v) is 10.5.